The molecule has 1 aromatic carbocycles. The number of aromatic nitrogens is 3. The molecule has 0 unspecified atom stereocenters. The zero-order chi connectivity index (χ0) is 14.9. The third-order valence-electron chi connectivity index (χ3n) is 3.02. The average molecular weight is 276 g/mol. The highest BCUT2D eigenvalue weighted by Crippen LogP contribution is 2.39. The SMILES string of the molecule is COc1cc(C(C)C)cc(-c2n[nH]nc2C(N)=O)c1O. The number of primary amides is 1. The molecule has 0 aliphatic heterocycles. The van der Waals surface area contributed by atoms with Crippen LogP contribution in [0.4, 0.5) is 0 Å². The van der Waals surface area contributed by atoms with Gasteiger partial charge in [0.2, 0.25) is 0 Å². The Morgan fingerprint density at radius 3 is 2.65 bits per heavy atom. The number of phenols is 1. The maximum Gasteiger partial charge on any atom is 0.271 e. The first kappa shape index (κ1) is 13.9. The minimum atomic E-state index is -0.720. The minimum Gasteiger partial charge on any atom is -0.504 e. The summed E-state index contributed by atoms with van der Waals surface area (Å²) in [5.74, 6) is -0.299. The van der Waals surface area contributed by atoms with E-state index in [9.17, 15) is 9.90 Å². The molecule has 0 aliphatic carbocycles. The number of amides is 1. The fourth-order valence-corrected chi connectivity index (χ4v) is 1.89. The van der Waals surface area contributed by atoms with Gasteiger partial charge in [0.05, 0.1) is 12.7 Å². The lowest BCUT2D eigenvalue weighted by Gasteiger charge is -2.13. The third-order valence-corrected chi connectivity index (χ3v) is 3.02. The monoisotopic (exact) mass is 276 g/mol. The van der Waals surface area contributed by atoms with E-state index >= 15 is 0 Å². The van der Waals surface area contributed by atoms with E-state index in [4.69, 9.17) is 10.5 Å². The van der Waals surface area contributed by atoms with E-state index in [1.807, 2.05) is 13.8 Å². The lowest BCUT2D eigenvalue weighted by atomic mass is 9.97. The van der Waals surface area contributed by atoms with Crippen molar-refractivity contribution < 1.29 is 14.6 Å². The molecule has 0 fully saturated rings. The topological polar surface area (TPSA) is 114 Å². The lowest BCUT2D eigenvalue weighted by Crippen LogP contribution is -2.12. The lowest BCUT2D eigenvalue weighted by molar-refractivity contribution is 0.0996. The van der Waals surface area contributed by atoms with Crippen molar-refractivity contribution in [3.63, 3.8) is 0 Å². The minimum absolute atomic E-state index is 0.0248. The number of carbonyl (C=O) groups excluding carboxylic acids is 1. The summed E-state index contributed by atoms with van der Waals surface area (Å²) in [4.78, 5) is 11.3. The van der Waals surface area contributed by atoms with E-state index in [1.54, 1.807) is 12.1 Å². The van der Waals surface area contributed by atoms with E-state index in [2.05, 4.69) is 15.4 Å². The molecule has 0 saturated carbocycles. The van der Waals surface area contributed by atoms with E-state index in [0.717, 1.165) is 5.56 Å². The fraction of sp³-hybridized carbons (Fsp3) is 0.308. The van der Waals surface area contributed by atoms with E-state index in [0.29, 0.717) is 11.3 Å². The number of hydrogen-bond acceptors (Lipinski definition) is 5. The molecule has 1 heterocycles. The van der Waals surface area contributed by atoms with Gasteiger partial charge in [0, 0.05) is 0 Å². The first-order chi connectivity index (χ1) is 9.45. The van der Waals surface area contributed by atoms with Crippen LogP contribution in [0.5, 0.6) is 11.5 Å². The molecular formula is C13H16N4O3. The van der Waals surface area contributed by atoms with Gasteiger partial charge in [-0.2, -0.15) is 15.4 Å². The third kappa shape index (κ3) is 2.29. The summed E-state index contributed by atoms with van der Waals surface area (Å²) in [6.07, 6.45) is 0. The Morgan fingerprint density at radius 2 is 2.10 bits per heavy atom. The number of hydrogen-bond donors (Lipinski definition) is 3. The summed E-state index contributed by atoms with van der Waals surface area (Å²) >= 11 is 0. The van der Waals surface area contributed by atoms with Gasteiger partial charge in [-0.05, 0) is 23.6 Å². The molecular weight excluding hydrogens is 260 g/mol. The Morgan fingerprint density at radius 1 is 1.40 bits per heavy atom. The zero-order valence-corrected chi connectivity index (χ0v) is 11.5. The Hall–Kier alpha value is -2.57. The second-order valence-corrected chi connectivity index (χ2v) is 4.66. The van der Waals surface area contributed by atoms with Crippen molar-refractivity contribution in [1.29, 1.82) is 0 Å². The maximum absolute atomic E-state index is 11.3. The summed E-state index contributed by atoms with van der Waals surface area (Å²) in [5, 5.41) is 20.1. The molecule has 4 N–H and O–H groups in total. The number of H-pyrrole nitrogens is 1. The molecule has 0 spiro atoms. The van der Waals surface area contributed by atoms with Crippen molar-refractivity contribution in [3.8, 4) is 22.8 Å². The molecule has 0 saturated heterocycles. The summed E-state index contributed by atoms with van der Waals surface area (Å²) in [6.45, 7) is 4.01. The van der Waals surface area contributed by atoms with Gasteiger partial charge in [-0.1, -0.05) is 13.8 Å². The van der Waals surface area contributed by atoms with Gasteiger partial charge in [0.25, 0.3) is 5.91 Å². The van der Waals surface area contributed by atoms with Crippen molar-refractivity contribution in [2.75, 3.05) is 7.11 Å². The molecule has 7 nitrogen and oxygen atoms in total. The Kier molecular flexibility index (Phi) is 3.60. The number of ether oxygens (including phenoxy) is 1. The van der Waals surface area contributed by atoms with Gasteiger partial charge in [0.15, 0.2) is 17.2 Å². The number of aromatic amines is 1. The number of nitrogens with one attached hydrogen (secondary N) is 1. The summed E-state index contributed by atoms with van der Waals surface area (Å²) in [6, 6.07) is 3.49. The molecule has 106 valence electrons. The smallest absolute Gasteiger partial charge is 0.271 e. The van der Waals surface area contributed by atoms with E-state index < -0.39 is 5.91 Å². The van der Waals surface area contributed by atoms with E-state index in [1.165, 1.54) is 7.11 Å². The van der Waals surface area contributed by atoms with Crippen molar-refractivity contribution in [1.82, 2.24) is 15.4 Å². The van der Waals surface area contributed by atoms with Crippen LogP contribution in [0, 0.1) is 0 Å². The number of rotatable bonds is 4. The van der Waals surface area contributed by atoms with Crippen LogP contribution >= 0.6 is 0 Å². The molecule has 7 heteroatoms. The summed E-state index contributed by atoms with van der Waals surface area (Å²) in [7, 11) is 1.46. The standard InChI is InChI=1S/C13H16N4O3/c1-6(2)7-4-8(12(18)9(5-7)20-3)10-11(13(14)19)16-17-15-10/h4-6,18H,1-3H3,(H2,14,19)(H,15,16,17). The highest BCUT2D eigenvalue weighted by molar-refractivity contribution is 5.97. The Labute approximate surface area is 115 Å². The van der Waals surface area contributed by atoms with Crippen LogP contribution in [0.3, 0.4) is 0 Å². The predicted octanol–water partition coefficient (Wildman–Crippen LogP) is 1.41. The van der Waals surface area contributed by atoms with Crippen LogP contribution in [0.15, 0.2) is 12.1 Å². The summed E-state index contributed by atoms with van der Waals surface area (Å²) in [5.41, 5.74) is 6.72. The van der Waals surface area contributed by atoms with Crippen LogP contribution in [-0.4, -0.2) is 33.5 Å². The van der Waals surface area contributed by atoms with Crippen LogP contribution in [0.1, 0.15) is 35.8 Å². The van der Waals surface area contributed by atoms with Crippen LogP contribution < -0.4 is 10.5 Å². The zero-order valence-electron chi connectivity index (χ0n) is 11.5. The largest absolute Gasteiger partial charge is 0.504 e. The van der Waals surface area contributed by atoms with Gasteiger partial charge in [-0.3, -0.25) is 4.79 Å². The van der Waals surface area contributed by atoms with Gasteiger partial charge < -0.3 is 15.6 Å². The van der Waals surface area contributed by atoms with Gasteiger partial charge in [-0.15, -0.1) is 0 Å². The number of benzene rings is 1. The van der Waals surface area contributed by atoms with Crippen molar-refractivity contribution in [3.05, 3.63) is 23.4 Å². The van der Waals surface area contributed by atoms with Gasteiger partial charge in [0.1, 0.15) is 5.69 Å². The number of aromatic hydroxyl groups is 1. The second kappa shape index (κ2) is 5.20. The molecule has 2 aromatic rings. The Balaban J connectivity index is 2.69. The average Bonchev–Trinajstić information content (AvgIpc) is 2.87. The predicted molar refractivity (Wildman–Crippen MR) is 72.6 cm³/mol. The van der Waals surface area contributed by atoms with Crippen molar-refractivity contribution in [2.24, 2.45) is 5.73 Å². The van der Waals surface area contributed by atoms with Crippen molar-refractivity contribution in [2.45, 2.75) is 19.8 Å². The Bertz CT molecular complexity index is 649. The summed E-state index contributed by atoms with van der Waals surface area (Å²) < 4.78 is 5.15. The quantitative estimate of drug-likeness (QED) is 0.781. The fourth-order valence-electron chi connectivity index (χ4n) is 1.89. The van der Waals surface area contributed by atoms with Gasteiger partial charge >= 0.3 is 0 Å². The van der Waals surface area contributed by atoms with Crippen LogP contribution in [0.25, 0.3) is 11.3 Å². The molecule has 0 atom stereocenters. The van der Waals surface area contributed by atoms with Crippen LogP contribution in [-0.2, 0) is 0 Å². The van der Waals surface area contributed by atoms with Crippen molar-refractivity contribution >= 4 is 5.91 Å². The normalized spacial score (nSPS) is 10.8. The molecule has 20 heavy (non-hydrogen) atoms. The maximum atomic E-state index is 11.3. The highest BCUT2D eigenvalue weighted by atomic mass is 16.5. The number of phenolic OH excluding ortho intramolecular Hbond substituents is 1. The van der Waals surface area contributed by atoms with E-state index in [-0.39, 0.29) is 23.1 Å². The first-order valence-corrected chi connectivity index (χ1v) is 6.07. The molecule has 0 radical (unpaired) electrons. The molecule has 0 aliphatic rings. The second-order valence-electron chi connectivity index (χ2n) is 4.66. The number of nitrogens with zero attached hydrogens (tertiary/aromatic N) is 2. The number of carbonyl (C=O) groups is 1. The first-order valence-electron chi connectivity index (χ1n) is 6.07. The molecule has 1 aromatic heterocycles. The molecule has 0 bridgehead atoms. The van der Waals surface area contributed by atoms with Gasteiger partial charge in [-0.25, -0.2) is 0 Å². The number of nitrogens with two attached hydrogens (primary N) is 1. The van der Waals surface area contributed by atoms with Crippen LogP contribution in [0.2, 0.25) is 0 Å². The molecule has 2 rings (SSSR count). The highest BCUT2D eigenvalue weighted by Gasteiger charge is 2.21. The number of methoxy groups -OCH3 is 1. The molecule has 1 amide bonds.